The number of amides is 2. The molecular formula is C11H19N2O2+. The number of nitrogens with zero attached hydrogens (tertiary/aromatic N) is 1. The first-order valence-corrected chi connectivity index (χ1v) is 5.83. The summed E-state index contributed by atoms with van der Waals surface area (Å²) in [4.78, 5) is 25.7. The Kier molecular flexibility index (Phi) is 3.05. The highest BCUT2D eigenvalue weighted by molar-refractivity contribution is 6.01. The van der Waals surface area contributed by atoms with Crippen molar-refractivity contribution in [2.45, 2.75) is 32.6 Å². The molecule has 0 aromatic carbocycles. The number of hydrogen-bond acceptors (Lipinski definition) is 2. The van der Waals surface area contributed by atoms with Gasteiger partial charge in [-0.3, -0.25) is 9.59 Å². The Labute approximate surface area is 90.2 Å². The predicted molar refractivity (Wildman–Crippen MR) is 55.0 cm³/mol. The van der Waals surface area contributed by atoms with Crippen molar-refractivity contribution < 1.29 is 14.5 Å². The van der Waals surface area contributed by atoms with Crippen LogP contribution in [0.1, 0.15) is 32.6 Å². The summed E-state index contributed by atoms with van der Waals surface area (Å²) in [6.07, 6.45) is 3.33. The van der Waals surface area contributed by atoms with Gasteiger partial charge < -0.3 is 4.90 Å². The number of carbonyl (C=O) groups is 2. The molecule has 2 atom stereocenters. The smallest absolute Gasteiger partial charge is 0.234 e. The van der Waals surface area contributed by atoms with Crippen molar-refractivity contribution in [2.24, 2.45) is 5.92 Å². The minimum atomic E-state index is 0.0192. The van der Waals surface area contributed by atoms with Crippen LogP contribution < -0.4 is 4.90 Å². The Morgan fingerprint density at radius 1 is 1.33 bits per heavy atom. The molecular weight excluding hydrogens is 192 g/mol. The van der Waals surface area contributed by atoms with Crippen LogP contribution >= 0.6 is 0 Å². The Morgan fingerprint density at radius 3 is 2.60 bits per heavy atom. The van der Waals surface area contributed by atoms with Crippen LogP contribution in [0.2, 0.25) is 0 Å². The maximum Gasteiger partial charge on any atom is 0.234 e. The number of nitrogens with one attached hydrogen (secondary N) is 1. The fourth-order valence-electron chi connectivity index (χ4n) is 2.56. The highest BCUT2D eigenvalue weighted by Crippen LogP contribution is 2.10. The summed E-state index contributed by atoms with van der Waals surface area (Å²) in [5.74, 6) is 0.762. The second-order valence-electron chi connectivity index (χ2n) is 4.83. The van der Waals surface area contributed by atoms with Gasteiger partial charge in [0, 0.05) is 18.8 Å². The summed E-state index contributed by atoms with van der Waals surface area (Å²) in [7, 11) is 0. The molecule has 2 unspecified atom stereocenters. The fourth-order valence-corrected chi connectivity index (χ4v) is 2.56. The summed E-state index contributed by atoms with van der Waals surface area (Å²) < 4.78 is 0. The average Bonchev–Trinajstić information content (AvgIpc) is 2.50. The van der Waals surface area contributed by atoms with Crippen LogP contribution in [0.3, 0.4) is 0 Å². The number of imide groups is 1. The molecule has 2 rings (SSSR count). The molecule has 0 spiro atoms. The number of piperidine rings is 1. The predicted octanol–water partition coefficient (Wildman–Crippen LogP) is -0.592. The Hall–Kier alpha value is -0.900. The molecule has 0 aromatic heterocycles. The van der Waals surface area contributed by atoms with Crippen molar-refractivity contribution in [3.63, 3.8) is 0 Å². The van der Waals surface area contributed by atoms with Crippen molar-refractivity contribution >= 4 is 11.8 Å². The second-order valence-corrected chi connectivity index (χ2v) is 4.83. The monoisotopic (exact) mass is 211 g/mol. The van der Waals surface area contributed by atoms with Crippen LogP contribution in [-0.2, 0) is 9.59 Å². The molecule has 0 saturated carbocycles. The number of hydrogen-bond donors (Lipinski definition) is 1. The number of carbonyl (C=O) groups excluding carboxylic acids is 2. The van der Waals surface area contributed by atoms with Crippen LogP contribution in [0.25, 0.3) is 0 Å². The number of rotatable bonds is 2. The Balaban J connectivity index is 1.90. The zero-order valence-corrected chi connectivity index (χ0v) is 9.29. The molecule has 84 valence electrons. The van der Waals surface area contributed by atoms with E-state index in [2.05, 4.69) is 6.92 Å². The van der Waals surface area contributed by atoms with E-state index in [1.165, 1.54) is 22.6 Å². The van der Waals surface area contributed by atoms with E-state index in [9.17, 15) is 9.59 Å². The summed E-state index contributed by atoms with van der Waals surface area (Å²) in [6.45, 7) is 5.03. The van der Waals surface area contributed by atoms with E-state index < -0.39 is 0 Å². The summed E-state index contributed by atoms with van der Waals surface area (Å²) in [6, 6.07) is 0. The topological polar surface area (TPSA) is 41.8 Å². The first-order valence-electron chi connectivity index (χ1n) is 5.83. The van der Waals surface area contributed by atoms with E-state index in [0.29, 0.717) is 19.5 Å². The molecule has 2 aliphatic rings. The van der Waals surface area contributed by atoms with Crippen molar-refractivity contribution in [3.05, 3.63) is 0 Å². The normalized spacial score (nSPS) is 32.5. The third-order valence-corrected chi connectivity index (χ3v) is 3.40. The summed E-state index contributed by atoms with van der Waals surface area (Å²) in [5.41, 5.74) is 0. The molecule has 2 aliphatic heterocycles. The van der Waals surface area contributed by atoms with Crippen LogP contribution in [-0.4, -0.2) is 36.5 Å². The van der Waals surface area contributed by atoms with Crippen molar-refractivity contribution in [2.75, 3.05) is 19.8 Å². The van der Waals surface area contributed by atoms with Gasteiger partial charge in [-0.25, -0.2) is 4.90 Å². The third kappa shape index (κ3) is 2.37. The molecule has 2 heterocycles. The van der Waals surface area contributed by atoms with E-state index >= 15 is 0 Å². The van der Waals surface area contributed by atoms with Gasteiger partial charge in [-0.1, -0.05) is 6.92 Å². The molecule has 0 radical (unpaired) electrons. The van der Waals surface area contributed by atoms with E-state index in [4.69, 9.17) is 0 Å². The number of quaternary nitrogens is 1. The lowest BCUT2D eigenvalue weighted by atomic mass is 10.0. The maximum absolute atomic E-state index is 11.4. The SMILES string of the molecule is CC1CCC[NH+](CN2C(=O)CCC2=O)C1. The lowest BCUT2D eigenvalue weighted by molar-refractivity contribution is -0.915. The summed E-state index contributed by atoms with van der Waals surface area (Å²) >= 11 is 0. The minimum Gasteiger partial charge on any atom is -0.317 e. The van der Waals surface area contributed by atoms with E-state index in [-0.39, 0.29) is 11.8 Å². The van der Waals surface area contributed by atoms with Crippen LogP contribution in [0, 0.1) is 5.92 Å². The van der Waals surface area contributed by atoms with Gasteiger partial charge in [-0.2, -0.15) is 0 Å². The first kappa shape index (κ1) is 10.6. The lowest BCUT2D eigenvalue weighted by Crippen LogP contribution is -3.15. The van der Waals surface area contributed by atoms with Crippen molar-refractivity contribution in [1.82, 2.24) is 4.90 Å². The molecule has 4 heteroatoms. The second kappa shape index (κ2) is 4.31. The molecule has 2 saturated heterocycles. The first-order chi connectivity index (χ1) is 7.16. The standard InChI is InChI=1S/C11H18N2O2/c1-9-3-2-6-12(7-9)8-13-10(14)4-5-11(13)15/h9H,2-8H2,1H3/p+1. The van der Waals surface area contributed by atoms with E-state index in [1.54, 1.807) is 0 Å². The van der Waals surface area contributed by atoms with Crippen molar-refractivity contribution in [3.8, 4) is 0 Å². The van der Waals surface area contributed by atoms with Gasteiger partial charge in [-0.15, -0.1) is 0 Å². The summed E-state index contributed by atoms with van der Waals surface area (Å²) in [5, 5.41) is 0. The molecule has 0 aromatic rings. The lowest BCUT2D eigenvalue weighted by Gasteiger charge is -2.30. The molecule has 15 heavy (non-hydrogen) atoms. The fraction of sp³-hybridized carbons (Fsp3) is 0.818. The maximum atomic E-state index is 11.4. The zero-order valence-electron chi connectivity index (χ0n) is 9.29. The molecule has 2 fully saturated rings. The largest absolute Gasteiger partial charge is 0.317 e. The zero-order chi connectivity index (χ0) is 10.8. The van der Waals surface area contributed by atoms with Gasteiger partial charge >= 0.3 is 0 Å². The third-order valence-electron chi connectivity index (χ3n) is 3.40. The minimum absolute atomic E-state index is 0.0192. The van der Waals surface area contributed by atoms with Gasteiger partial charge in [0.2, 0.25) is 11.8 Å². The van der Waals surface area contributed by atoms with E-state index in [0.717, 1.165) is 19.0 Å². The average molecular weight is 211 g/mol. The Bertz CT molecular complexity index is 262. The molecule has 0 aliphatic carbocycles. The van der Waals surface area contributed by atoms with Crippen molar-refractivity contribution in [1.29, 1.82) is 0 Å². The molecule has 0 bridgehead atoms. The van der Waals surface area contributed by atoms with Crippen LogP contribution in [0.4, 0.5) is 0 Å². The highest BCUT2D eigenvalue weighted by atomic mass is 16.2. The molecule has 2 amide bonds. The highest BCUT2D eigenvalue weighted by Gasteiger charge is 2.33. The van der Waals surface area contributed by atoms with Gasteiger partial charge in [-0.05, 0) is 12.8 Å². The quantitative estimate of drug-likeness (QED) is 0.620. The van der Waals surface area contributed by atoms with Crippen LogP contribution in [0.5, 0.6) is 0 Å². The Morgan fingerprint density at radius 2 is 2.00 bits per heavy atom. The van der Waals surface area contributed by atoms with Gasteiger partial charge in [0.25, 0.3) is 0 Å². The molecule has 1 N–H and O–H groups in total. The van der Waals surface area contributed by atoms with Gasteiger partial charge in [0.05, 0.1) is 13.1 Å². The van der Waals surface area contributed by atoms with Crippen LogP contribution in [0.15, 0.2) is 0 Å². The van der Waals surface area contributed by atoms with Gasteiger partial charge in [0.1, 0.15) is 0 Å². The van der Waals surface area contributed by atoms with E-state index in [1.807, 2.05) is 0 Å². The number of likely N-dealkylation sites (tertiary alicyclic amines) is 2. The molecule has 4 nitrogen and oxygen atoms in total. The van der Waals surface area contributed by atoms with Gasteiger partial charge in [0.15, 0.2) is 6.67 Å².